The van der Waals surface area contributed by atoms with E-state index in [0.29, 0.717) is 192 Å². The predicted molar refractivity (Wildman–Crippen MR) is 265 cm³/mol. The molecule has 16 nitrogen and oxygen atoms in total. The molecular formula is C52H98O16. The molecule has 0 heterocycles. The first-order valence-electron chi connectivity index (χ1n) is 26.0. The zero-order chi connectivity index (χ0) is 48.9. The van der Waals surface area contributed by atoms with Crippen LogP contribution in [0.3, 0.4) is 0 Å². The van der Waals surface area contributed by atoms with Crippen LogP contribution in [0.1, 0.15) is 90.2 Å². The first kappa shape index (κ1) is 64.4. The number of hydrogen-bond acceptors (Lipinski definition) is 16. The molecule has 1 aromatic rings. The van der Waals surface area contributed by atoms with Gasteiger partial charge in [0.2, 0.25) is 0 Å². The van der Waals surface area contributed by atoms with Gasteiger partial charge in [0.05, 0.1) is 192 Å². The second-order valence-corrected chi connectivity index (χ2v) is 17.0. The fourth-order valence-electron chi connectivity index (χ4n) is 6.58. The first-order valence-corrected chi connectivity index (χ1v) is 26.0. The molecule has 0 unspecified atom stereocenters. The Labute approximate surface area is 412 Å². The Balaban J connectivity index is 1.81. The molecule has 1 rings (SSSR count). The van der Waals surface area contributed by atoms with Crippen LogP contribution in [0.4, 0.5) is 0 Å². The standard InChI is InChI=1S/C52H98O16/c1-48(2)12-7-5-9-14-50-15-11-17-52(51(50)16-10-6-8-13-49(3)4)68-47-46-67-45-44-66-43-42-65-41-40-64-39-38-63-37-36-62-35-34-61-33-32-60-31-30-59-29-28-58-27-26-57-25-24-56-23-22-55-21-20-54-19-18-53/h11,15,17,48-49,53H,5-10,12-14,16,18-47H2,1-4H3. The molecule has 1 aromatic carbocycles. The van der Waals surface area contributed by atoms with E-state index in [1.807, 2.05) is 0 Å². The number of ether oxygens (including phenoxy) is 15. The van der Waals surface area contributed by atoms with Crippen molar-refractivity contribution in [2.45, 2.75) is 91.9 Å². The van der Waals surface area contributed by atoms with E-state index >= 15 is 0 Å². The molecule has 402 valence electrons. The summed E-state index contributed by atoms with van der Waals surface area (Å²) in [6.45, 7) is 23.7. The Morgan fingerprint density at radius 1 is 0.324 bits per heavy atom. The van der Waals surface area contributed by atoms with Crippen molar-refractivity contribution in [1.29, 1.82) is 0 Å². The van der Waals surface area contributed by atoms with E-state index in [1.54, 1.807) is 0 Å². The Morgan fingerprint density at radius 3 is 0.897 bits per heavy atom. The highest BCUT2D eigenvalue weighted by Gasteiger charge is 2.11. The fourth-order valence-corrected chi connectivity index (χ4v) is 6.58. The second kappa shape index (κ2) is 53.2. The molecule has 0 amide bonds. The average Bonchev–Trinajstić information content (AvgIpc) is 3.33. The average molecular weight is 979 g/mol. The molecule has 0 aliphatic carbocycles. The molecule has 0 radical (unpaired) electrons. The van der Waals surface area contributed by atoms with Gasteiger partial charge in [0.1, 0.15) is 12.4 Å². The van der Waals surface area contributed by atoms with Gasteiger partial charge in [-0.1, -0.05) is 78.4 Å². The van der Waals surface area contributed by atoms with Crippen LogP contribution < -0.4 is 4.74 Å². The minimum atomic E-state index is 0.0224. The predicted octanol–water partition coefficient (Wildman–Crippen LogP) is 6.81. The number of rotatable bonds is 57. The van der Waals surface area contributed by atoms with Gasteiger partial charge in [-0.2, -0.15) is 0 Å². The third kappa shape index (κ3) is 46.8. The minimum absolute atomic E-state index is 0.0224. The molecule has 0 aliphatic heterocycles. The van der Waals surface area contributed by atoms with Gasteiger partial charge >= 0.3 is 0 Å². The van der Waals surface area contributed by atoms with Gasteiger partial charge in [-0.25, -0.2) is 0 Å². The molecule has 68 heavy (non-hydrogen) atoms. The summed E-state index contributed by atoms with van der Waals surface area (Å²) in [5.41, 5.74) is 2.86. The molecule has 0 spiro atoms. The lowest BCUT2D eigenvalue weighted by molar-refractivity contribution is -0.0298. The Morgan fingerprint density at radius 2 is 0.603 bits per heavy atom. The number of hydrogen-bond donors (Lipinski definition) is 1. The lowest BCUT2D eigenvalue weighted by Crippen LogP contribution is -2.16. The lowest BCUT2D eigenvalue weighted by atomic mass is 9.95. The van der Waals surface area contributed by atoms with E-state index in [9.17, 15) is 0 Å². The van der Waals surface area contributed by atoms with Crippen molar-refractivity contribution in [3.8, 4) is 5.75 Å². The number of aliphatic hydroxyl groups excluding tert-OH is 1. The first-order chi connectivity index (χ1) is 33.5. The van der Waals surface area contributed by atoms with Crippen molar-refractivity contribution in [3.05, 3.63) is 29.3 Å². The van der Waals surface area contributed by atoms with Gasteiger partial charge in [0.15, 0.2) is 0 Å². The van der Waals surface area contributed by atoms with Gasteiger partial charge in [-0.15, -0.1) is 0 Å². The Bertz CT molecular complexity index is 1130. The van der Waals surface area contributed by atoms with E-state index < -0.39 is 0 Å². The van der Waals surface area contributed by atoms with E-state index in [2.05, 4.69) is 45.9 Å². The van der Waals surface area contributed by atoms with Crippen molar-refractivity contribution in [2.75, 3.05) is 198 Å². The smallest absolute Gasteiger partial charge is 0.122 e. The van der Waals surface area contributed by atoms with Crippen LogP contribution in [0.2, 0.25) is 0 Å². The van der Waals surface area contributed by atoms with Crippen LogP contribution in [0.15, 0.2) is 18.2 Å². The number of aliphatic hydroxyl groups is 1. The highest BCUT2D eigenvalue weighted by Crippen LogP contribution is 2.27. The maximum absolute atomic E-state index is 8.61. The van der Waals surface area contributed by atoms with E-state index in [-0.39, 0.29) is 6.61 Å². The molecule has 16 heteroatoms. The van der Waals surface area contributed by atoms with Crippen molar-refractivity contribution < 1.29 is 76.2 Å². The summed E-state index contributed by atoms with van der Waals surface area (Å²) in [6, 6.07) is 6.59. The van der Waals surface area contributed by atoms with Crippen LogP contribution in [0.5, 0.6) is 5.75 Å². The number of unbranched alkanes of at least 4 members (excludes halogenated alkanes) is 4. The van der Waals surface area contributed by atoms with Crippen LogP contribution in [-0.4, -0.2) is 203 Å². The van der Waals surface area contributed by atoms with Crippen molar-refractivity contribution >= 4 is 0 Å². The number of aryl methyl sites for hydroxylation is 1. The van der Waals surface area contributed by atoms with E-state index in [1.165, 1.54) is 62.5 Å². The Kier molecular flexibility index (Phi) is 50.4. The normalized spacial score (nSPS) is 11.8. The monoisotopic (exact) mass is 979 g/mol. The molecule has 0 atom stereocenters. The van der Waals surface area contributed by atoms with Crippen molar-refractivity contribution in [2.24, 2.45) is 11.8 Å². The van der Waals surface area contributed by atoms with Gasteiger partial charge < -0.3 is 76.2 Å². The summed E-state index contributed by atoms with van der Waals surface area (Å²) in [4.78, 5) is 0. The maximum Gasteiger partial charge on any atom is 0.122 e. The quantitative estimate of drug-likeness (QED) is 0.0679. The van der Waals surface area contributed by atoms with Crippen LogP contribution in [-0.2, 0) is 79.2 Å². The van der Waals surface area contributed by atoms with Gasteiger partial charge in [-0.3, -0.25) is 0 Å². The molecular weight excluding hydrogens is 881 g/mol. The highest BCUT2D eigenvalue weighted by atomic mass is 16.6. The molecule has 0 bridgehead atoms. The van der Waals surface area contributed by atoms with E-state index in [0.717, 1.165) is 30.4 Å². The van der Waals surface area contributed by atoms with Gasteiger partial charge in [0, 0.05) is 0 Å². The molecule has 0 fully saturated rings. The minimum Gasteiger partial charge on any atom is -0.491 e. The van der Waals surface area contributed by atoms with Crippen LogP contribution in [0, 0.1) is 11.8 Å². The molecule has 0 saturated heterocycles. The summed E-state index contributed by atoms with van der Waals surface area (Å²) in [7, 11) is 0. The molecule has 0 aromatic heterocycles. The zero-order valence-electron chi connectivity index (χ0n) is 43.2. The lowest BCUT2D eigenvalue weighted by Gasteiger charge is -2.16. The largest absolute Gasteiger partial charge is 0.491 e. The molecule has 0 saturated carbocycles. The van der Waals surface area contributed by atoms with E-state index in [4.69, 9.17) is 76.2 Å². The summed E-state index contributed by atoms with van der Waals surface area (Å²) in [5, 5.41) is 8.61. The maximum atomic E-state index is 8.61. The fraction of sp³-hybridized carbons (Fsp3) is 0.885. The van der Waals surface area contributed by atoms with Crippen LogP contribution >= 0.6 is 0 Å². The third-order valence-electron chi connectivity index (χ3n) is 10.2. The SMILES string of the molecule is CC(C)CCCCCc1cccc(OCCOCCOCCOCCOCCOCCOCCOCCOCCOCCOCCOCCOCCOCCOCCO)c1CCCCCC(C)C. The second-order valence-electron chi connectivity index (χ2n) is 17.0. The summed E-state index contributed by atoms with van der Waals surface area (Å²) in [5.74, 6) is 2.58. The van der Waals surface area contributed by atoms with Crippen LogP contribution in [0.25, 0.3) is 0 Å². The number of benzene rings is 1. The molecule has 0 aliphatic rings. The third-order valence-corrected chi connectivity index (χ3v) is 10.2. The van der Waals surface area contributed by atoms with Crippen molar-refractivity contribution in [1.82, 2.24) is 0 Å². The zero-order valence-corrected chi connectivity index (χ0v) is 43.2. The summed E-state index contributed by atoms with van der Waals surface area (Å²) >= 11 is 0. The summed E-state index contributed by atoms with van der Waals surface area (Å²) < 4.78 is 83.4. The molecule has 1 N–H and O–H groups in total. The van der Waals surface area contributed by atoms with Crippen molar-refractivity contribution in [3.63, 3.8) is 0 Å². The summed E-state index contributed by atoms with van der Waals surface area (Å²) in [6.07, 6.45) is 12.5. The van der Waals surface area contributed by atoms with Gasteiger partial charge in [0.25, 0.3) is 0 Å². The Hall–Kier alpha value is -1.58. The van der Waals surface area contributed by atoms with Gasteiger partial charge in [-0.05, 0) is 54.7 Å². The highest BCUT2D eigenvalue weighted by molar-refractivity contribution is 5.40. The topological polar surface area (TPSA) is 159 Å².